The van der Waals surface area contributed by atoms with Gasteiger partial charge in [-0.1, -0.05) is 30.3 Å². The molecule has 1 atom stereocenters. The molecule has 1 aromatic carbocycles. The van der Waals surface area contributed by atoms with Gasteiger partial charge < -0.3 is 5.32 Å². The number of hydrogen-bond donors (Lipinski definition) is 1. The van der Waals surface area contributed by atoms with Crippen molar-refractivity contribution in [3.05, 3.63) is 57.8 Å². The number of nitrogens with one attached hydrogen (secondary N) is 1. The van der Waals surface area contributed by atoms with Crippen LogP contribution in [-0.4, -0.2) is 7.05 Å². The Bertz CT molecular complexity index is 419. The van der Waals surface area contributed by atoms with Gasteiger partial charge in [-0.3, -0.25) is 0 Å². The third-order valence-electron chi connectivity index (χ3n) is 2.59. The Balaban J connectivity index is 2.37. The first-order valence-corrected chi connectivity index (χ1v) is 5.97. The summed E-state index contributed by atoms with van der Waals surface area (Å²) in [5.41, 5.74) is 2.69. The van der Waals surface area contributed by atoms with Crippen LogP contribution >= 0.6 is 11.3 Å². The fourth-order valence-electron chi connectivity index (χ4n) is 1.77. The Kier molecular flexibility index (Phi) is 3.19. The van der Waals surface area contributed by atoms with E-state index in [1.54, 1.807) is 0 Å². The molecule has 0 spiro atoms. The molecule has 0 bridgehead atoms. The second-order valence-electron chi connectivity index (χ2n) is 3.60. The van der Waals surface area contributed by atoms with Crippen molar-refractivity contribution in [2.75, 3.05) is 7.05 Å². The van der Waals surface area contributed by atoms with Gasteiger partial charge in [0, 0.05) is 4.88 Å². The van der Waals surface area contributed by atoms with E-state index in [0.29, 0.717) is 6.04 Å². The Labute approximate surface area is 94.8 Å². The average molecular weight is 217 g/mol. The van der Waals surface area contributed by atoms with Crippen LogP contribution in [-0.2, 0) is 0 Å². The summed E-state index contributed by atoms with van der Waals surface area (Å²) in [4.78, 5) is 1.41. The number of hydrogen-bond acceptors (Lipinski definition) is 2. The molecule has 0 fully saturated rings. The van der Waals surface area contributed by atoms with Crippen LogP contribution in [0.1, 0.15) is 22.0 Å². The molecular formula is C13H15NS. The lowest BCUT2D eigenvalue weighted by atomic mass is 10.0. The summed E-state index contributed by atoms with van der Waals surface area (Å²) >= 11 is 1.81. The number of rotatable bonds is 3. The molecule has 0 aliphatic rings. The SMILES string of the molecule is CNC(c1ccccc1)c1sccc1C. The summed E-state index contributed by atoms with van der Waals surface area (Å²) in [6.45, 7) is 2.17. The summed E-state index contributed by atoms with van der Waals surface area (Å²) in [5.74, 6) is 0. The zero-order valence-corrected chi connectivity index (χ0v) is 9.84. The average Bonchev–Trinajstić information content (AvgIpc) is 2.68. The van der Waals surface area contributed by atoms with E-state index in [4.69, 9.17) is 0 Å². The molecule has 1 heterocycles. The molecule has 0 saturated carbocycles. The van der Waals surface area contributed by atoms with Crippen LogP contribution in [0.25, 0.3) is 0 Å². The Hall–Kier alpha value is -1.12. The van der Waals surface area contributed by atoms with Crippen LogP contribution in [0.15, 0.2) is 41.8 Å². The maximum Gasteiger partial charge on any atom is 0.0671 e. The first-order chi connectivity index (χ1) is 7.33. The molecule has 0 aliphatic carbocycles. The number of benzene rings is 1. The van der Waals surface area contributed by atoms with E-state index in [0.717, 1.165) is 0 Å². The predicted molar refractivity (Wildman–Crippen MR) is 66.4 cm³/mol. The van der Waals surface area contributed by atoms with Gasteiger partial charge in [0.2, 0.25) is 0 Å². The molecule has 0 saturated heterocycles. The molecule has 1 aromatic heterocycles. The van der Waals surface area contributed by atoms with Crippen LogP contribution in [0.5, 0.6) is 0 Å². The summed E-state index contributed by atoms with van der Waals surface area (Å²) in [6, 6.07) is 13.1. The number of thiophene rings is 1. The third kappa shape index (κ3) is 2.11. The second-order valence-corrected chi connectivity index (χ2v) is 4.55. The molecular weight excluding hydrogens is 202 g/mol. The first-order valence-electron chi connectivity index (χ1n) is 5.09. The molecule has 1 N–H and O–H groups in total. The Morgan fingerprint density at radius 3 is 2.40 bits per heavy atom. The summed E-state index contributed by atoms with van der Waals surface area (Å²) < 4.78 is 0. The Morgan fingerprint density at radius 2 is 1.87 bits per heavy atom. The maximum absolute atomic E-state index is 3.37. The molecule has 1 nitrogen and oxygen atoms in total. The van der Waals surface area contributed by atoms with Gasteiger partial charge in [-0.25, -0.2) is 0 Å². The molecule has 78 valence electrons. The molecule has 0 radical (unpaired) electrons. The standard InChI is InChI=1S/C13H15NS/c1-10-8-9-15-13(10)12(14-2)11-6-4-3-5-7-11/h3-9,12,14H,1-2H3. The van der Waals surface area contributed by atoms with Gasteiger partial charge in [-0.2, -0.15) is 0 Å². The fraction of sp³-hybridized carbons (Fsp3) is 0.231. The van der Waals surface area contributed by atoms with Crippen LogP contribution < -0.4 is 5.32 Å². The van der Waals surface area contributed by atoms with Crippen molar-refractivity contribution < 1.29 is 0 Å². The highest BCUT2D eigenvalue weighted by Crippen LogP contribution is 2.28. The minimum Gasteiger partial charge on any atom is -0.309 e. The van der Waals surface area contributed by atoms with Gasteiger partial charge in [0.25, 0.3) is 0 Å². The van der Waals surface area contributed by atoms with Crippen molar-refractivity contribution in [3.8, 4) is 0 Å². The van der Waals surface area contributed by atoms with E-state index in [9.17, 15) is 0 Å². The van der Waals surface area contributed by atoms with Gasteiger partial charge >= 0.3 is 0 Å². The smallest absolute Gasteiger partial charge is 0.0671 e. The van der Waals surface area contributed by atoms with E-state index in [1.807, 2.05) is 18.4 Å². The van der Waals surface area contributed by atoms with Crippen molar-refractivity contribution in [3.63, 3.8) is 0 Å². The molecule has 2 rings (SSSR count). The van der Waals surface area contributed by atoms with Crippen molar-refractivity contribution in [1.29, 1.82) is 0 Å². The lowest BCUT2D eigenvalue weighted by molar-refractivity contribution is 0.700. The minimum absolute atomic E-state index is 0.325. The highest BCUT2D eigenvalue weighted by atomic mass is 32.1. The van der Waals surface area contributed by atoms with Gasteiger partial charge in [0.15, 0.2) is 0 Å². The second kappa shape index (κ2) is 4.60. The molecule has 0 aliphatic heterocycles. The fourth-order valence-corrected chi connectivity index (χ4v) is 2.84. The van der Waals surface area contributed by atoms with Gasteiger partial charge in [0.1, 0.15) is 0 Å². The van der Waals surface area contributed by atoms with Gasteiger partial charge in [0.05, 0.1) is 6.04 Å². The van der Waals surface area contributed by atoms with E-state index in [1.165, 1.54) is 16.0 Å². The largest absolute Gasteiger partial charge is 0.309 e. The van der Waals surface area contributed by atoms with Gasteiger partial charge in [-0.15, -0.1) is 11.3 Å². The molecule has 2 heteroatoms. The third-order valence-corrected chi connectivity index (χ3v) is 3.67. The van der Waals surface area contributed by atoms with E-state index < -0.39 is 0 Å². The highest BCUT2D eigenvalue weighted by Gasteiger charge is 2.14. The topological polar surface area (TPSA) is 12.0 Å². The lowest BCUT2D eigenvalue weighted by Gasteiger charge is -2.16. The summed E-state index contributed by atoms with van der Waals surface area (Å²) in [5, 5.41) is 5.52. The summed E-state index contributed by atoms with van der Waals surface area (Å²) in [7, 11) is 2.01. The maximum atomic E-state index is 3.37. The van der Waals surface area contributed by atoms with Crippen LogP contribution in [0.4, 0.5) is 0 Å². The van der Waals surface area contributed by atoms with Crippen molar-refractivity contribution in [1.82, 2.24) is 5.32 Å². The lowest BCUT2D eigenvalue weighted by Crippen LogP contribution is -2.17. The normalized spacial score (nSPS) is 12.7. The minimum atomic E-state index is 0.325. The van der Waals surface area contributed by atoms with Crippen molar-refractivity contribution >= 4 is 11.3 Å². The monoisotopic (exact) mass is 217 g/mol. The van der Waals surface area contributed by atoms with Crippen molar-refractivity contribution in [2.45, 2.75) is 13.0 Å². The van der Waals surface area contributed by atoms with E-state index in [-0.39, 0.29) is 0 Å². The molecule has 2 aromatic rings. The number of aryl methyl sites for hydroxylation is 1. The summed E-state index contributed by atoms with van der Waals surface area (Å²) in [6.07, 6.45) is 0. The Morgan fingerprint density at radius 1 is 1.13 bits per heavy atom. The van der Waals surface area contributed by atoms with E-state index in [2.05, 4.69) is 54.0 Å². The predicted octanol–water partition coefficient (Wildman–Crippen LogP) is 3.37. The first kappa shape index (κ1) is 10.4. The van der Waals surface area contributed by atoms with Gasteiger partial charge in [-0.05, 0) is 36.5 Å². The zero-order chi connectivity index (χ0) is 10.7. The van der Waals surface area contributed by atoms with Crippen LogP contribution in [0.2, 0.25) is 0 Å². The molecule has 15 heavy (non-hydrogen) atoms. The van der Waals surface area contributed by atoms with Crippen LogP contribution in [0.3, 0.4) is 0 Å². The van der Waals surface area contributed by atoms with Crippen molar-refractivity contribution in [2.24, 2.45) is 0 Å². The van der Waals surface area contributed by atoms with Crippen LogP contribution in [0, 0.1) is 6.92 Å². The van der Waals surface area contributed by atoms with E-state index >= 15 is 0 Å². The quantitative estimate of drug-likeness (QED) is 0.831. The highest BCUT2D eigenvalue weighted by molar-refractivity contribution is 7.10. The molecule has 0 amide bonds. The zero-order valence-electron chi connectivity index (χ0n) is 9.03. The molecule has 1 unspecified atom stereocenters.